The second kappa shape index (κ2) is 3.36. The Kier molecular flexibility index (Phi) is 2.60. The van der Waals surface area contributed by atoms with Crippen LogP contribution in [-0.2, 0) is 0 Å². The Morgan fingerprint density at radius 1 is 1.23 bits per heavy atom. The molecule has 0 heterocycles. The average Bonchev–Trinajstić information content (AvgIpc) is 1.99. The standard InChI is InChI=1S/C11H16FN/c1-6-5-7(2)10(9(4)12)11(13)8(6)3/h5,9H,13H2,1-4H3. The Balaban J connectivity index is 3.44. The van der Waals surface area contributed by atoms with E-state index in [2.05, 4.69) is 0 Å². The van der Waals surface area contributed by atoms with Crippen molar-refractivity contribution in [2.75, 3.05) is 5.73 Å². The van der Waals surface area contributed by atoms with E-state index in [0.717, 1.165) is 16.7 Å². The molecule has 0 aromatic heterocycles. The van der Waals surface area contributed by atoms with Gasteiger partial charge in [0.15, 0.2) is 0 Å². The van der Waals surface area contributed by atoms with Crippen LogP contribution < -0.4 is 5.73 Å². The van der Waals surface area contributed by atoms with Gasteiger partial charge in [0.05, 0.1) is 0 Å². The molecule has 0 aliphatic carbocycles. The molecule has 1 unspecified atom stereocenters. The molecule has 0 spiro atoms. The van der Waals surface area contributed by atoms with Gasteiger partial charge in [0.2, 0.25) is 0 Å². The third-order valence-electron chi connectivity index (χ3n) is 2.54. The van der Waals surface area contributed by atoms with Crippen molar-refractivity contribution in [1.29, 1.82) is 0 Å². The van der Waals surface area contributed by atoms with Crippen molar-refractivity contribution in [2.24, 2.45) is 0 Å². The molecule has 1 atom stereocenters. The summed E-state index contributed by atoms with van der Waals surface area (Å²) >= 11 is 0. The number of nitrogen functional groups attached to an aromatic ring is 1. The average molecular weight is 181 g/mol. The van der Waals surface area contributed by atoms with E-state index in [0.29, 0.717) is 11.3 Å². The lowest BCUT2D eigenvalue weighted by atomic mass is 9.96. The van der Waals surface area contributed by atoms with Crippen LogP contribution in [0, 0.1) is 20.8 Å². The van der Waals surface area contributed by atoms with E-state index in [1.165, 1.54) is 6.92 Å². The minimum Gasteiger partial charge on any atom is -0.398 e. The Hall–Kier alpha value is -1.05. The van der Waals surface area contributed by atoms with Crippen molar-refractivity contribution >= 4 is 5.69 Å². The van der Waals surface area contributed by atoms with Crippen LogP contribution in [-0.4, -0.2) is 0 Å². The summed E-state index contributed by atoms with van der Waals surface area (Å²) in [7, 11) is 0. The van der Waals surface area contributed by atoms with Crippen molar-refractivity contribution in [1.82, 2.24) is 0 Å². The molecule has 2 N–H and O–H groups in total. The van der Waals surface area contributed by atoms with Crippen LogP contribution in [0.5, 0.6) is 0 Å². The summed E-state index contributed by atoms with van der Waals surface area (Å²) in [6, 6.07) is 1.98. The third kappa shape index (κ3) is 1.67. The zero-order chi connectivity index (χ0) is 10.2. The van der Waals surface area contributed by atoms with Crippen molar-refractivity contribution < 1.29 is 4.39 Å². The molecular formula is C11H16FN. The molecule has 0 radical (unpaired) electrons. The largest absolute Gasteiger partial charge is 0.398 e. The van der Waals surface area contributed by atoms with Crippen LogP contribution in [0.15, 0.2) is 6.07 Å². The molecule has 0 fully saturated rings. The first-order chi connectivity index (χ1) is 5.95. The summed E-state index contributed by atoms with van der Waals surface area (Å²) in [5.41, 5.74) is 10.1. The highest BCUT2D eigenvalue weighted by atomic mass is 19.1. The molecule has 0 saturated heterocycles. The Morgan fingerprint density at radius 2 is 1.77 bits per heavy atom. The molecule has 2 heteroatoms. The summed E-state index contributed by atoms with van der Waals surface area (Å²) in [4.78, 5) is 0. The quantitative estimate of drug-likeness (QED) is 0.661. The Labute approximate surface area is 78.8 Å². The molecule has 1 nitrogen and oxygen atoms in total. The maximum absolute atomic E-state index is 13.2. The molecule has 1 rings (SSSR count). The first-order valence-electron chi connectivity index (χ1n) is 4.45. The van der Waals surface area contributed by atoms with Gasteiger partial charge in [-0.15, -0.1) is 0 Å². The number of benzene rings is 1. The summed E-state index contributed by atoms with van der Waals surface area (Å²) in [5.74, 6) is 0. The maximum Gasteiger partial charge on any atom is 0.125 e. The molecule has 0 aliphatic rings. The molecule has 72 valence electrons. The third-order valence-corrected chi connectivity index (χ3v) is 2.54. The molecule has 0 amide bonds. The highest BCUT2D eigenvalue weighted by Crippen LogP contribution is 2.31. The number of alkyl halides is 1. The van der Waals surface area contributed by atoms with E-state index in [-0.39, 0.29) is 0 Å². The van der Waals surface area contributed by atoms with Gasteiger partial charge in [0.1, 0.15) is 6.17 Å². The van der Waals surface area contributed by atoms with Gasteiger partial charge in [0.25, 0.3) is 0 Å². The van der Waals surface area contributed by atoms with E-state index in [1.807, 2.05) is 26.8 Å². The summed E-state index contributed by atoms with van der Waals surface area (Å²) in [5, 5.41) is 0. The molecule has 0 saturated carbocycles. The first kappa shape index (κ1) is 10.0. The topological polar surface area (TPSA) is 26.0 Å². The minimum atomic E-state index is -0.987. The number of halogens is 1. The van der Waals surface area contributed by atoms with Gasteiger partial charge >= 0.3 is 0 Å². The van der Waals surface area contributed by atoms with Gasteiger partial charge in [-0.1, -0.05) is 6.07 Å². The molecular weight excluding hydrogens is 165 g/mol. The first-order valence-corrected chi connectivity index (χ1v) is 4.45. The second-order valence-electron chi connectivity index (χ2n) is 3.58. The fourth-order valence-corrected chi connectivity index (χ4v) is 1.67. The summed E-state index contributed by atoms with van der Waals surface area (Å²) < 4.78 is 13.2. The highest BCUT2D eigenvalue weighted by Gasteiger charge is 2.13. The molecule has 13 heavy (non-hydrogen) atoms. The fourth-order valence-electron chi connectivity index (χ4n) is 1.67. The van der Waals surface area contributed by atoms with E-state index >= 15 is 0 Å². The molecule has 1 aromatic carbocycles. The van der Waals surface area contributed by atoms with Crippen LogP contribution in [0.2, 0.25) is 0 Å². The maximum atomic E-state index is 13.2. The van der Waals surface area contributed by atoms with Gasteiger partial charge in [0, 0.05) is 11.3 Å². The van der Waals surface area contributed by atoms with Gasteiger partial charge in [-0.25, -0.2) is 4.39 Å². The summed E-state index contributed by atoms with van der Waals surface area (Å²) in [6.07, 6.45) is -0.987. The van der Waals surface area contributed by atoms with Gasteiger partial charge in [-0.05, 0) is 44.4 Å². The van der Waals surface area contributed by atoms with Crippen molar-refractivity contribution in [3.05, 3.63) is 28.3 Å². The molecule has 1 aromatic rings. The predicted molar refractivity (Wildman–Crippen MR) is 54.6 cm³/mol. The highest BCUT2D eigenvalue weighted by molar-refractivity contribution is 5.60. The van der Waals surface area contributed by atoms with Crippen LogP contribution in [0.3, 0.4) is 0 Å². The Morgan fingerprint density at radius 3 is 2.23 bits per heavy atom. The number of hydrogen-bond donors (Lipinski definition) is 1. The SMILES string of the molecule is Cc1cc(C)c(C(C)F)c(N)c1C. The lowest BCUT2D eigenvalue weighted by molar-refractivity contribution is 0.374. The lowest BCUT2D eigenvalue weighted by Gasteiger charge is -2.15. The van der Waals surface area contributed by atoms with Crippen molar-refractivity contribution in [3.8, 4) is 0 Å². The number of aryl methyl sites for hydroxylation is 2. The van der Waals surface area contributed by atoms with Crippen LogP contribution in [0.1, 0.15) is 35.3 Å². The van der Waals surface area contributed by atoms with Crippen LogP contribution >= 0.6 is 0 Å². The van der Waals surface area contributed by atoms with E-state index in [9.17, 15) is 4.39 Å². The second-order valence-corrected chi connectivity index (χ2v) is 3.58. The van der Waals surface area contributed by atoms with Crippen LogP contribution in [0.25, 0.3) is 0 Å². The summed E-state index contributed by atoms with van der Waals surface area (Å²) in [6.45, 7) is 7.34. The van der Waals surface area contributed by atoms with Crippen LogP contribution in [0.4, 0.5) is 10.1 Å². The fraction of sp³-hybridized carbons (Fsp3) is 0.455. The van der Waals surface area contributed by atoms with Gasteiger partial charge in [-0.2, -0.15) is 0 Å². The van der Waals surface area contributed by atoms with E-state index < -0.39 is 6.17 Å². The monoisotopic (exact) mass is 181 g/mol. The zero-order valence-electron chi connectivity index (χ0n) is 8.61. The van der Waals surface area contributed by atoms with E-state index in [1.54, 1.807) is 0 Å². The predicted octanol–water partition coefficient (Wildman–Crippen LogP) is 3.22. The lowest BCUT2D eigenvalue weighted by Crippen LogP contribution is -2.03. The van der Waals surface area contributed by atoms with Crippen molar-refractivity contribution in [2.45, 2.75) is 33.9 Å². The number of anilines is 1. The molecule has 0 bridgehead atoms. The smallest absolute Gasteiger partial charge is 0.125 e. The van der Waals surface area contributed by atoms with Crippen molar-refractivity contribution in [3.63, 3.8) is 0 Å². The van der Waals surface area contributed by atoms with Gasteiger partial charge in [-0.3, -0.25) is 0 Å². The number of hydrogen-bond acceptors (Lipinski definition) is 1. The Bertz CT molecular complexity index is 329. The normalized spacial score (nSPS) is 13.0. The molecule has 0 aliphatic heterocycles. The number of nitrogens with two attached hydrogens (primary N) is 1. The zero-order valence-corrected chi connectivity index (χ0v) is 8.61. The minimum absolute atomic E-state index is 0.604. The van der Waals surface area contributed by atoms with E-state index in [4.69, 9.17) is 5.73 Å². The van der Waals surface area contributed by atoms with Gasteiger partial charge < -0.3 is 5.73 Å². The number of rotatable bonds is 1.